The Labute approximate surface area is 110 Å². The van der Waals surface area contributed by atoms with Crippen LogP contribution in [0.15, 0.2) is 0 Å². The highest BCUT2D eigenvalue weighted by Gasteiger charge is 2.45. The molecule has 0 aliphatic heterocycles. The van der Waals surface area contributed by atoms with E-state index in [-0.39, 0.29) is 25.3 Å². The molecule has 114 valence electrons. The summed E-state index contributed by atoms with van der Waals surface area (Å²) < 4.78 is 59.0. The third-order valence-corrected chi connectivity index (χ3v) is 3.81. The molecule has 0 aromatic rings. The van der Waals surface area contributed by atoms with Crippen molar-refractivity contribution in [2.45, 2.75) is 44.5 Å². The molecule has 2 N–H and O–H groups in total. The molecule has 0 saturated heterocycles. The lowest BCUT2D eigenvalue weighted by Crippen LogP contribution is -2.37. The van der Waals surface area contributed by atoms with Crippen LogP contribution in [-0.4, -0.2) is 31.5 Å². The summed E-state index contributed by atoms with van der Waals surface area (Å²) in [6.07, 6.45) is 1.86. The molecule has 1 unspecified atom stereocenters. The Morgan fingerprint density at radius 3 is 2.26 bits per heavy atom. The number of halogens is 3. The highest BCUT2D eigenvalue weighted by Crippen LogP contribution is 2.22. The molecular weight excluding hydrogens is 287 g/mol. The summed E-state index contributed by atoms with van der Waals surface area (Å²) in [5, 5.41) is 8.53. The number of rotatable bonds is 9. The quantitative estimate of drug-likeness (QED) is 0.683. The molecule has 0 radical (unpaired) electrons. The van der Waals surface area contributed by atoms with Crippen LogP contribution >= 0.6 is 0 Å². The minimum absolute atomic E-state index is 0.0727. The van der Waals surface area contributed by atoms with Crippen LogP contribution in [0.3, 0.4) is 0 Å². The van der Waals surface area contributed by atoms with E-state index in [4.69, 9.17) is 5.11 Å². The van der Waals surface area contributed by atoms with Gasteiger partial charge in [-0.05, 0) is 18.8 Å². The van der Waals surface area contributed by atoms with Crippen molar-refractivity contribution in [2.24, 2.45) is 5.92 Å². The fourth-order valence-corrected chi connectivity index (χ4v) is 2.20. The topological polar surface area (TPSA) is 83.5 Å². The summed E-state index contributed by atoms with van der Waals surface area (Å²) in [6.45, 7) is 1.53. The number of hydrogen-bond acceptors (Lipinski definition) is 3. The van der Waals surface area contributed by atoms with Gasteiger partial charge < -0.3 is 5.11 Å². The molecule has 1 atom stereocenters. The van der Waals surface area contributed by atoms with E-state index in [1.54, 1.807) is 0 Å². The number of carboxylic acid groups (broad SMARTS) is 1. The van der Waals surface area contributed by atoms with Crippen LogP contribution in [0, 0.1) is 5.92 Å². The van der Waals surface area contributed by atoms with Crippen molar-refractivity contribution in [2.75, 3.05) is 6.54 Å². The Morgan fingerprint density at radius 2 is 1.84 bits per heavy atom. The van der Waals surface area contributed by atoms with Crippen molar-refractivity contribution >= 4 is 16.0 Å². The molecule has 0 bridgehead atoms. The van der Waals surface area contributed by atoms with E-state index in [2.05, 4.69) is 0 Å². The molecule has 9 heteroatoms. The molecular formula is C10H18F3NO4S. The Balaban J connectivity index is 4.23. The lowest BCUT2D eigenvalue weighted by atomic mass is 9.95. The highest BCUT2D eigenvalue weighted by atomic mass is 32.2. The summed E-state index contributed by atoms with van der Waals surface area (Å²) in [4.78, 5) is 10.4. The van der Waals surface area contributed by atoms with Gasteiger partial charge in [-0.25, -0.2) is 13.1 Å². The van der Waals surface area contributed by atoms with Crippen LogP contribution in [0.5, 0.6) is 0 Å². The van der Waals surface area contributed by atoms with E-state index < -0.39 is 21.5 Å². The smallest absolute Gasteiger partial charge is 0.481 e. The van der Waals surface area contributed by atoms with Crippen molar-refractivity contribution in [3.8, 4) is 0 Å². The Bertz CT molecular complexity index is 381. The van der Waals surface area contributed by atoms with E-state index in [1.165, 1.54) is 4.72 Å². The third-order valence-electron chi connectivity index (χ3n) is 2.61. The first kappa shape index (κ1) is 18.2. The Kier molecular flexibility index (Phi) is 7.35. The second-order valence-electron chi connectivity index (χ2n) is 4.22. The molecule has 0 aliphatic carbocycles. The molecule has 0 rings (SSSR count). The monoisotopic (exact) mass is 305 g/mol. The zero-order chi connectivity index (χ0) is 15.1. The van der Waals surface area contributed by atoms with Gasteiger partial charge in [-0.3, -0.25) is 4.79 Å². The summed E-state index contributed by atoms with van der Waals surface area (Å²) in [5.41, 5.74) is -5.31. The van der Waals surface area contributed by atoms with E-state index in [9.17, 15) is 26.4 Å². The van der Waals surface area contributed by atoms with Gasteiger partial charge in [0.2, 0.25) is 0 Å². The van der Waals surface area contributed by atoms with Crippen LogP contribution in [0.1, 0.15) is 39.0 Å². The lowest BCUT2D eigenvalue weighted by molar-refractivity contribution is -0.137. The summed E-state index contributed by atoms with van der Waals surface area (Å²) in [6, 6.07) is 0. The highest BCUT2D eigenvalue weighted by molar-refractivity contribution is 7.90. The van der Waals surface area contributed by atoms with Gasteiger partial charge in [-0.1, -0.05) is 19.8 Å². The SMILES string of the molecule is CCCC(CCNS(=O)(=O)C(F)(F)F)CCC(=O)O. The molecule has 0 aromatic carbocycles. The van der Waals surface area contributed by atoms with Crippen molar-refractivity contribution < 1.29 is 31.5 Å². The van der Waals surface area contributed by atoms with Gasteiger partial charge in [0.15, 0.2) is 0 Å². The minimum Gasteiger partial charge on any atom is -0.481 e. The maximum atomic E-state index is 12.0. The van der Waals surface area contributed by atoms with Crippen LogP contribution in [0.2, 0.25) is 0 Å². The average Bonchev–Trinajstić information content (AvgIpc) is 2.24. The number of nitrogens with one attached hydrogen (secondary N) is 1. The first-order valence-corrected chi connectivity index (χ1v) is 7.36. The van der Waals surface area contributed by atoms with Gasteiger partial charge in [0.1, 0.15) is 0 Å². The van der Waals surface area contributed by atoms with Crippen LogP contribution in [0.4, 0.5) is 13.2 Å². The molecule has 0 heterocycles. The first-order chi connectivity index (χ1) is 8.60. The molecule has 0 spiro atoms. The maximum absolute atomic E-state index is 12.0. The van der Waals surface area contributed by atoms with Gasteiger partial charge in [0.25, 0.3) is 0 Å². The fraction of sp³-hybridized carbons (Fsp3) is 0.900. The van der Waals surface area contributed by atoms with E-state index in [1.807, 2.05) is 6.92 Å². The minimum atomic E-state index is -5.31. The van der Waals surface area contributed by atoms with Crippen LogP contribution in [0.25, 0.3) is 0 Å². The van der Waals surface area contributed by atoms with Gasteiger partial charge >= 0.3 is 21.5 Å². The van der Waals surface area contributed by atoms with Crippen LogP contribution in [-0.2, 0) is 14.8 Å². The van der Waals surface area contributed by atoms with E-state index in [0.717, 1.165) is 6.42 Å². The number of carboxylic acids is 1. The third kappa shape index (κ3) is 7.36. The van der Waals surface area contributed by atoms with Crippen molar-refractivity contribution in [3.05, 3.63) is 0 Å². The van der Waals surface area contributed by atoms with Gasteiger partial charge in [-0.2, -0.15) is 13.2 Å². The summed E-state index contributed by atoms with van der Waals surface area (Å²) >= 11 is 0. The van der Waals surface area contributed by atoms with Crippen molar-refractivity contribution in [3.63, 3.8) is 0 Å². The van der Waals surface area contributed by atoms with Gasteiger partial charge in [-0.15, -0.1) is 0 Å². The average molecular weight is 305 g/mol. The number of sulfonamides is 1. The second-order valence-corrected chi connectivity index (χ2v) is 5.98. The Hall–Kier alpha value is -0.830. The number of hydrogen-bond donors (Lipinski definition) is 2. The first-order valence-electron chi connectivity index (χ1n) is 5.88. The summed E-state index contributed by atoms with van der Waals surface area (Å²) in [7, 11) is -5.31. The molecule has 19 heavy (non-hydrogen) atoms. The van der Waals surface area contributed by atoms with E-state index in [0.29, 0.717) is 12.8 Å². The standard InChI is InChI=1S/C10H18F3NO4S/c1-2-3-8(4-5-9(15)16)6-7-14-19(17,18)10(11,12)13/h8,14H,2-7H2,1H3,(H,15,16). The molecule has 0 aromatic heterocycles. The molecule has 5 nitrogen and oxygen atoms in total. The molecule has 0 aliphatic rings. The van der Waals surface area contributed by atoms with Gasteiger partial charge in [0, 0.05) is 13.0 Å². The van der Waals surface area contributed by atoms with Crippen molar-refractivity contribution in [1.82, 2.24) is 4.72 Å². The maximum Gasteiger partial charge on any atom is 0.511 e. The summed E-state index contributed by atoms with van der Waals surface area (Å²) in [5.74, 6) is -1.07. The second kappa shape index (κ2) is 7.68. The zero-order valence-electron chi connectivity index (χ0n) is 10.5. The largest absolute Gasteiger partial charge is 0.511 e. The number of aliphatic carboxylic acids is 1. The predicted molar refractivity (Wildman–Crippen MR) is 62.9 cm³/mol. The zero-order valence-corrected chi connectivity index (χ0v) is 11.4. The number of carbonyl (C=O) groups is 1. The fourth-order valence-electron chi connectivity index (χ4n) is 1.65. The van der Waals surface area contributed by atoms with Crippen LogP contribution < -0.4 is 4.72 Å². The van der Waals surface area contributed by atoms with Crippen molar-refractivity contribution in [1.29, 1.82) is 0 Å². The molecule has 0 amide bonds. The normalized spacial score (nSPS) is 14.3. The molecule has 0 saturated carbocycles. The number of alkyl halides is 3. The predicted octanol–water partition coefficient (Wildman–Crippen LogP) is 2.10. The Morgan fingerprint density at radius 1 is 1.26 bits per heavy atom. The lowest BCUT2D eigenvalue weighted by Gasteiger charge is -2.16. The van der Waals surface area contributed by atoms with Gasteiger partial charge in [0.05, 0.1) is 0 Å². The molecule has 0 fully saturated rings. The van der Waals surface area contributed by atoms with E-state index >= 15 is 0 Å².